The molecule has 0 heterocycles. The average Bonchev–Trinajstić information content (AvgIpc) is 2.15. The zero-order valence-corrected chi connectivity index (χ0v) is 10.4. The van der Waals surface area contributed by atoms with Crippen molar-refractivity contribution < 1.29 is 4.43 Å². The molecule has 1 rings (SSSR count). The lowest BCUT2D eigenvalue weighted by Crippen LogP contribution is -2.07. The van der Waals surface area contributed by atoms with Crippen LogP contribution in [0.25, 0.3) is 5.76 Å². The summed E-state index contributed by atoms with van der Waals surface area (Å²) in [4.78, 5) is 0. The third kappa shape index (κ3) is 3.20. The van der Waals surface area contributed by atoms with Crippen molar-refractivity contribution in [3.63, 3.8) is 0 Å². The molecular formula is C11H14ClOSi. The lowest BCUT2D eigenvalue weighted by atomic mass is 10.2. The summed E-state index contributed by atoms with van der Waals surface area (Å²) in [5.74, 6) is 0.811. The van der Waals surface area contributed by atoms with Crippen LogP contribution in [0, 0.1) is 0 Å². The molecule has 0 bridgehead atoms. The number of halogens is 1. The van der Waals surface area contributed by atoms with Gasteiger partial charge in [-0.2, -0.15) is 0 Å². The van der Waals surface area contributed by atoms with E-state index < -0.39 is 9.04 Å². The van der Waals surface area contributed by atoms with Crippen LogP contribution in [0.3, 0.4) is 0 Å². The Labute approximate surface area is 92.1 Å². The molecule has 0 aliphatic carbocycles. The molecule has 75 valence electrons. The Kier molecular flexibility index (Phi) is 4.23. The van der Waals surface area contributed by atoms with E-state index in [-0.39, 0.29) is 0 Å². The molecule has 0 saturated carbocycles. The highest BCUT2D eigenvalue weighted by Crippen LogP contribution is 2.22. The summed E-state index contributed by atoms with van der Waals surface area (Å²) in [7, 11) is -0.767. The molecule has 0 aliphatic heterocycles. The number of hydrogen-bond acceptors (Lipinski definition) is 1. The van der Waals surface area contributed by atoms with Gasteiger partial charge in [0.05, 0.1) is 5.03 Å². The predicted molar refractivity (Wildman–Crippen MR) is 63.5 cm³/mol. The molecule has 0 aromatic heterocycles. The van der Waals surface area contributed by atoms with Crippen LogP contribution in [0.15, 0.2) is 35.4 Å². The third-order valence-electron chi connectivity index (χ3n) is 1.66. The molecule has 0 atom stereocenters. The first-order valence-corrected chi connectivity index (χ1v) is 7.29. The van der Waals surface area contributed by atoms with Gasteiger partial charge in [-0.15, -0.1) is 0 Å². The zero-order chi connectivity index (χ0) is 10.6. The lowest BCUT2D eigenvalue weighted by molar-refractivity contribution is 0.535. The van der Waals surface area contributed by atoms with Gasteiger partial charge < -0.3 is 4.43 Å². The van der Waals surface area contributed by atoms with Crippen LogP contribution < -0.4 is 0 Å². The van der Waals surface area contributed by atoms with Gasteiger partial charge in [0, 0.05) is 5.56 Å². The fraction of sp³-hybridized carbons (Fsp3) is 0.273. The van der Waals surface area contributed by atoms with Gasteiger partial charge in [-0.1, -0.05) is 41.9 Å². The first-order chi connectivity index (χ1) is 6.61. The zero-order valence-electron chi connectivity index (χ0n) is 8.67. The van der Waals surface area contributed by atoms with Crippen LogP contribution in [-0.2, 0) is 4.43 Å². The maximum Gasteiger partial charge on any atom is 0.274 e. The summed E-state index contributed by atoms with van der Waals surface area (Å²) >= 11 is 5.99. The van der Waals surface area contributed by atoms with E-state index in [2.05, 4.69) is 13.1 Å². The predicted octanol–water partition coefficient (Wildman–Crippen LogP) is 3.88. The van der Waals surface area contributed by atoms with Gasteiger partial charge in [0.2, 0.25) is 0 Å². The maximum atomic E-state index is 5.99. The lowest BCUT2D eigenvalue weighted by Gasteiger charge is -2.13. The Balaban J connectivity index is 2.97. The third-order valence-corrected chi connectivity index (χ3v) is 2.44. The highest BCUT2D eigenvalue weighted by atomic mass is 35.5. The molecule has 1 aromatic rings. The minimum atomic E-state index is -0.767. The van der Waals surface area contributed by atoms with Gasteiger partial charge in [0.1, 0.15) is 5.76 Å². The monoisotopic (exact) mass is 225 g/mol. The Morgan fingerprint density at radius 1 is 1.21 bits per heavy atom. The topological polar surface area (TPSA) is 9.23 Å². The first-order valence-electron chi connectivity index (χ1n) is 4.51. The molecule has 0 amide bonds. The molecule has 0 saturated heterocycles. The van der Waals surface area contributed by atoms with Gasteiger partial charge in [0.25, 0.3) is 9.04 Å². The Morgan fingerprint density at radius 2 is 1.79 bits per heavy atom. The molecule has 0 fully saturated rings. The number of rotatable bonds is 3. The van der Waals surface area contributed by atoms with Crippen molar-refractivity contribution >= 4 is 26.4 Å². The van der Waals surface area contributed by atoms with E-state index in [9.17, 15) is 0 Å². The largest absolute Gasteiger partial charge is 0.541 e. The van der Waals surface area contributed by atoms with E-state index >= 15 is 0 Å². The van der Waals surface area contributed by atoms with Gasteiger partial charge in [-0.25, -0.2) is 0 Å². The first kappa shape index (κ1) is 11.3. The second kappa shape index (κ2) is 5.22. The van der Waals surface area contributed by atoms with Gasteiger partial charge in [-0.3, -0.25) is 0 Å². The summed E-state index contributed by atoms with van der Waals surface area (Å²) in [6.45, 7) is 6.04. The van der Waals surface area contributed by atoms with Gasteiger partial charge >= 0.3 is 0 Å². The Morgan fingerprint density at radius 3 is 2.21 bits per heavy atom. The van der Waals surface area contributed by atoms with E-state index in [0.29, 0.717) is 5.03 Å². The molecular weight excluding hydrogens is 212 g/mol. The molecule has 0 aliphatic rings. The highest BCUT2D eigenvalue weighted by Gasteiger charge is 2.08. The minimum Gasteiger partial charge on any atom is -0.541 e. The van der Waals surface area contributed by atoms with Crippen LogP contribution >= 0.6 is 11.6 Å². The second-order valence-corrected chi connectivity index (χ2v) is 5.83. The highest BCUT2D eigenvalue weighted by molar-refractivity contribution is 6.50. The summed E-state index contributed by atoms with van der Waals surface area (Å²) in [5, 5.41) is 0.711. The fourth-order valence-corrected chi connectivity index (χ4v) is 2.01. The molecule has 3 heteroatoms. The van der Waals surface area contributed by atoms with Crippen molar-refractivity contribution in [2.45, 2.75) is 20.0 Å². The van der Waals surface area contributed by atoms with Crippen molar-refractivity contribution in [1.82, 2.24) is 0 Å². The summed E-state index contributed by atoms with van der Waals surface area (Å²) in [5.41, 5.74) is 1.05. The van der Waals surface area contributed by atoms with Crippen molar-refractivity contribution in [3.8, 4) is 0 Å². The standard InChI is InChI=1S/C11H14ClOSi/c1-9(12)11(13-14(2)3)10-7-5-4-6-8-10/h4-8H,1-3H3/b11-9-. The van der Waals surface area contributed by atoms with E-state index in [4.69, 9.17) is 16.0 Å². The second-order valence-electron chi connectivity index (χ2n) is 3.24. The molecule has 1 aromatic carbocycles. The molecule has 0 N–H and O–H groups in total. The summed E-state index contributed by atoms with van der Waals surface area (Å²) < 4.78 is 5.75. The van der Waals surface area contributed by atoms with Crippen molar-refractivity contribution in [2.75, 3.05) is 0 Å². The van der Waals surface area contributed by atoms with Crippen molar-refractivity contribution in [3.05, 3.63) is 40.9 Å². The Hall–Kier alpha value is -0.733. The van der Waals surface area contributed by atoms with Crippen LogP contribution in [0.2, 0.25) is 13.1 Å². The van der Waals surface area contributed by atoms with E-state index in [1.807, 2.05) is 37.3 Å². The van der Waals surface area contributed by atoms with Crippen molar-refractivity contribution in [1.29, 1.82) is 0 Å². The van der Waals surface area contributed by atoms with Crippen molar-refractivity contribution in [2.24, 2.45) is 0 Å². The summed E-state index contributed by atoms with van der Waals surface area (Å²) in [6, 6.07) is 9.96. The fourth-order valence-electron chi connectivity index (χ4n) is 1.12. The number of hydrogen-bond donors (Lipinski definition) is 0. The SMILES string of the molecule is C/C(Cl)=C(/O[Si](C)C)c1ccccc1. The van der Waals surface area contributed by atoms with Gasteiger partial charge in [-0.05, 0) is 20.0 Å². The normalized spacial score (nSPS) is 12.6. The maximum absolute atomic E-state index is 5.99. The van der Waals surface area contributed by atoms with Crippen LogP contribution in [-0.4, -0.2) is 9.04 Å². The molecule has 1 radical (unpaired) electrons. The van der Waals surface area contributed by atoms with Gasteiger partial charge in [0.15, 0.2) is 0 Å². The molecule has 0 spiro atoms. The smallest absolute Gasteiger partial charge is 0.274 e. The van der Waals surface area contributed by atoms with Crippen LogP contribution in [0.4, 0.5) is 0 Å². The average molecular weight is 226 g/mol. The summed E-state index contributed by atoms with van der Waals surface area (Å²) in [6.07, 6.45) is 0. The quantitative estimate of drug-likeness (QED) is 0.561. The number of benzene rings is 1. The minimum absolute atomic E-state index is 0.711. The molecule has 1 nitrogen and oxygen atoms in total. The molecule has 0 unspecified atom stereocenters. The number of allylic oxidation sites excluding steroid dienone is 1. The van der Waals surface area contributed by atoms with E-state index in [1.165, 1.54) is 0 Å². The molecule has 14 heavy (non-hydrogen) atoms. The van der Waals surface area contributed by atoms with Crippen LogP contribution in [0.1, 0.15) is 12.5 Å². The Bertz CT molecular complexity index is 315. The van der Waals surface area contributed by atoms with E-state index in [1.54, 1.807) is 0 Å². The van der Waals surface area contributed by atoms with Crippen LogP contribution in [0.5, 0.6) is 0 Å². The van der Waals surface area contributed by atoms with E-state index in [0.717, 1.165) is 11.3 Å².